The molecule has 1 nitrogen and oxygen atoms in total. The molecule has 88 valence electrons. The summed E-state index contributed by atoms with van der Waals surface area (Å²) in [5.74, 6) is 0.0312. The summed E-state index contributed by atoms with van der Waals surface area (Å²) in [6, 6.07) is 3.00. The minimum atomic E-state index is -0.695. The van der Waals surface area contributed by atoms with Crippen molar-refractivity contribution in [2.24, 2.45) is 5.41 Å². The van der Waals surface area contributed by atoms with Gasteiger partial charge < -0.3 is 0 Å². The van der Waals surface area contributed by atoms with Gasteiger partial charge in [-0.3, -0.25) is 4.79 Å². The lowest BCUT2D eigenvalue weighted by Gasteiger charge is -2.20. The first kappa shape index (κ1) is 14.1. The highest BCUT2D eigenvalue weighted by Gasteiger charge is 2.30. The van der Waals surface area contributed by atoms with Crippen molar-refractivity contribution in [3.63, 3.8) is 0 Å². The van der Waals surface area contributed by atoms with Crippen molar-refractivity contribution in [2.75, 3.05) is 5.88 Å². The fourth-order valence-electron chi connectivity index (χ4n) is 1.15. The van der Waals surface area contributed by atoms with E-state index in [4.69, 9.17) is 46.4 Å². The van der Waals surface area contributed by atoms with Gasteiger partial charge in [-0.15, -0.1) is 11.6 Å². The molecule has 5 heteroatoms. The Morgan fingerprint density at radius 1 is 1.25 bits per heavy atom. The molecule has 0 bridgehead atoms. The molecular weight excluding hydrogens is 290 g/mol. The number of halogens is 4. The zero-order valence-electron chi connectivity index (χ0n) is 8.78. The van der Waals surface area contributed by atoms with E-state index in [1.807, 2.05) is 0 Å². The minimum Gasteiger partial charge on any atom is -0.293 e. The van der Waals surface area contributed by atoms with Gasteiger partial charge in [0.05, 0.1) is 10.0 Å². The molecular formula is C11H10Cl4O. The van der Waals surface area contributed by atoms with Crippen LogP contribution in [0.4, 0.5) is 0 Å². The number of hydrogen-bond donors (Lipinski definition) is 0. The molecule has 1 aromatic rings. The van der Waals surface area contributed by atoms with Crippen molar-refractivity contribution in [1.82, 2.24) is 0 Å². The van der Waals surface area contributed by atoms with Crippen molar-refractivity contribution in [3.8, 4) is 0 Å². The molecule has 0 radical (unpaired) electrons. The Labute approximate surface area is 115 Å². The third kappa shape index (κ3) is 2.84. The van der Waals surface area contributed by atoms with Crippen LogP contribution in [0, 0.1) is 5.41 Å². The summed E-state index contributed by atoms with van der Waals surface area (Å²) in [5.41, 5.74) is -0.385. The van der Waals surface area contributed by atoms with Crippen LogP contribution in [0.1, 0.15) is 24.2 Å². The molecule has 1 rings (SSSR count). The molecule has 0 unspecified atom stereocenters. The Hall–Kier alpha value is 0.0500. The summed E-state index contributed by atoms with van der Waals surface area (Å²) in [4.78, 5) is 12.1. The maximum absolute atomic E-state index is 12.1. The predicted octanol–water partition coefficient (Wildman–Crippen LogP) is 5.09. The number of rotatable bonds is 3. The largest absolute Gasteiger partial charge is 0.293 e. The molecule has 0 saturated heterocycles. The van der Waals surface area contributed by atoms with Gasteiger partial charge in [0.25, 0.3) is 0 Å². The fourth-order valence-corrected chi connectivity index (χ4v) is 1.96. The normalized spacial score (nSPS) is 11.6. The van der Waals surface area contributed by atoms with Crippen molar-refractivity contribution in [3.05, 3.63) is 32.8 Å². The topological polar surface area (TPSA) is 17.1 Å². The molecule has 0 aliphatic rings. The molecule has 0 fully saturated rings. The van der Waals surface area contributed by atoms with Gasteiger partial charge in [0, 0.05) is 21.9 Å². The smallest absolute Gasteiger partial charge is 0.171 e. The van der Waals surface area contributed by atoms with Crippen LogP contribution in [-0.2, 0) is 0 Å². The predicted molar refractivity (Wildman–Crippen MR) is 70.3 cm³/mol. The first-order chi connectivity index (χ1) is 7.29. The summed E-state index contributed by atoms with van der Waals surface area (Å²) in [7, 11) is 0. The lowest BCUT2D eigenvalue weighted by molar-refractivity contribution is 0.0862. The Bertz CT molecular complexity index is 426. The molecule has 0 aromatic heterocycles. The lowest BCUT2D eigenvalue weighted by atomic mass is 9.86. The highest BCUT2D eigenvalue weighted by atomic mass is 35.5. The van der Waals surface area contributed by atoms with Crippen molar-refractivity contribution < 1.29 is 4.79 Å². The van der Waals surface area contributed by atoms with E-state index in [0.29, 0.717) is 10.6 Å². The van der Waals surface area contributed by atoms with Crippen molar-refractivity contribution in [1.29, 1.82) is 0 Å². The minimum absolute atomic E-state index is 0.170. The summed E-state index contributed by atoms with van der Waals surface area (Å²) in [5, 5.41) is 0.861. The average molecular weight is 300 g/mol. The quantitative estimate of drug-likeness (QED) is 0.431. The van der Waals surface area contributed by atoms with Gasteiger partial charge in [-0.25, -0.2) is 0 Å². The van der Waals surface area contributed by atoms with Crippen LogP contribution in [0.2, 0.25) is 15.1 Å². The number of benzene rings is 1. The molecule has 0 aliphatic carbocycles. The van der Waals surface area contributed by atoms with Crippen LogP contribution in [-0.4, -0.2) is 11.7 Å². The van der Waals surface area contributed by atoms with Crippen LogP contribution in [0.15, 0.2) is 12.1 Å². The van der Waals surface area contributed by atoms with Crippen molar-refractivity contribution >= 4 is 52.2 Å². The Morgan fingerprint density at radius 2 is 1.81 bits per heavy atom. The molecule has 0 aliphatic heterocycles. The second-order valence-corrected chi connectivity index (χ2v) is 5.58. The highest BCUT2D eigenvalue weighted by Crippen LogP contribution is 2.34. The number of hydrogen-bond acceptors (Lipinski definition) is 1. The number of carbonyl (C=O) groups excluding carboxylic acids is 1. The van der Waals surface area contributed by atoms with Gasteiger partial charge in [-0.05, 0) is 12.1 Å². The van der Waals surface area contributed by atoms with Gasteiger partial charge in [0.2, 0.25) is 0 Å². The molecule has 0 amide bonds. The number of carbonyl (C=O) groups is 1. The second-order valence-electron chi connectivity index (χ2n) is 4.10. The van der Waals surface area contributed by atoms with Crippen LogP contribution in [0.3, 0.4) is 0 Å². The summed E-state index contributed by atoms with van der Waals surface area (Å²) >= 11 is 23.4. The number of alkyl halides is 1. The van der Waals surface area contributed by atoms with E-state index in [-0.39, 0.29) is 21.7 Å². The fraction of sp³-hybridized carbons (Fsp3) is 0.364. The average Bonchev–Trinajstić information content (AvgIpc) is 2.22. The zero-order chi connectivity index (χ0) is 12.5. The molecule has 0 spiro atoms. The molecule has 0 heterocycles. The van der Waals surface area contributed by atoms with Gasteiger partial charge in [0.1, 0.15) is 0 Å². The second kappa shape index (κ2) is 5.14. The summed E-state index contributed by atoms with van der Waals surface area (Å²) in [6.45, 7) is 3.49. The van der Waals surface area contributed by atoms with Gasteiger partial charge in [-0.2, -0.15) is 0 Å². The number of Topliss-reactive ketones (excluding diaryl/α,β-unsaturated/α-hetero) is 1. The molecule has 1 aromatic carbocycles. The standard InChI is InChI=1S/C11H10Cl4O/c1-11(2,5-12)10(16)7-3-6(13)4-8(14)9(7)15/h3-4H,5H2,1-2H3. The maximum Gasteiger partial charge on any atom is 0.171 e. The van der Waals surface area contributed by atoms with Crippen LogP contribution < -0.4 is 0 Å². The monoisotopic (exact) mass is 298 g/mol. The molecule has 0 N–H and O–H groups in total. The van der Waals surface area contributed by atoms with Crippen LogP contribution >= 0.6 is 46.4 Å². The first-order valence-electron chi connectivity index (χ1n) is 4.55. The van der Waals surface area contributed by atoms with E-state index >= 15 is 0 Å². The molecule has 16 heavy (non-hydrogen) atoms. The van der Waals surface area contributed by atoms with Crippen LogP contribution in [0.5, 0.6) is 0 Å². The van der Waals surface area contributed by atoms with Gasteiger partial charge >= 0.3 is 0 Å². The van der Waals surface area contributed by atoms with E-state index in [2.05, 4.69) is 0 Å². The number of ketones is 1. The molecule has 0 atom stereocenters. The Kier molecular flexibility index (Phi) is 4.53. The van der Waals surface area contributed by atoms with E-state index in [1.54, 1.807) is 13.8 Å². The third-order valence-electron chi connectivity index (χ3n) is 2.19. The van der Waals surface area contributed by atoms with Gasteiger partial charge in [0.15, 0.2) is 5.78 Å². The SMILES string of the molecule is CC(C)(CCl)C(=O)c1cc(Cl)cc(Cl)c1Cl. The van der Waals surface area contributed by atoms with E-state index in [9.17, 15) is 4.79 Å². The lowest BCUT2D eigenvalue weighted by Crippen LogP contribution is -2.26. The van der Waals surface area contributed by atoms with E-state index in [0.717, 1.165) is 0 Å². The van der Waals surface area contributed by atoms with Gasteiger partial charge in [-0.1, -0.05) is 48.7 Å². The summed E-state index contributed by atoms with van der Waals surface area (Å²) < 4.78 is 0. The maximum atomic E-state index is 12.1. The Morgan fingerprint density at radius 3 is 2.31 bits per heavy atom. The van der Waals surface area contributed by atoms with E-state index in [1.165, 1.54) is 12.1 Å². The first-order valence-corrected chi connectivity index (χ1v) is 6.22. The van der Waals surface area contributed by atoms with Crippen molar-refractivity contribution in [2.45, 2.75) is 13.8 Å². The molecule has 0 saturated carbocycles. The zero-order valence-corrected chi connectivity index (χ0v) is 11.8. The summed E-state index contributed by atoms with van der Waals surface area (Å²) in [6.07, 6.45) is 0. The van der Waals surface area contributed by atoms with E-state index < -0.39 is 5.41 Å². The van der Waals surface area contributed by atoms with Crippen LogP contribution in [0.25, 0.3) is 0 Å². The highest BCUT2D eigenvalue weighted by molar-refractivity contribution is 6.45. The third-order valence-corrected chi connectivity index (χ3v) is 3.87. The Balaban J connectivity index is 3.29.